The van der Waals surface area contributed by atoms with E-state index in [-0.39, 0.29) is 29.5 Å². The summed E-state index contributed by atoms with van der Waals surface area (Å²) in [7, 11) is 0. The lowest BCUT2D eigenvalue weighted by Crippen LogP contribution is -2.40. The van der Waals surface area contributed by atoms with Gasteiger partial charge in [0.1, 0.15) is 5.01 Å². The van der Waals surface area contributed by atoms with Crippen molar-refractivity contribution in [2.45, 2.75) is 38.3 Å². The summed E-state index contributed by atoms with van der Waals surface area (Å²) < 4.78 is 0. The van der Waals surface area contributed by atoms with Gasteiger partial charge in [-0.2, -0.15) is 0 Å². The minimum absolute atomic E-state index is 0.201. The van der Waals surface area contributed by atoms with Gasteiger partial charge in [-0.15, -0.1) is 10.2 Å². The van der Waals surface area contributed by atoms with Gasteiger partial charge in [-0.3, -0.25) is 4.79 Å². The van der Waals surface area contributed by atoms with Crippen LogP contribution in [0.3, 0.4) is 0 Å². The predicted molar refractivity (Wildman–Crippen MR) is 91.9 cm³/mol. The van der Waals surface area contributed by atoms with Crippen molar-refractivity contribution in [1.82, 2.24) is 20.8 Å². The molecule has 1 aliphatic rings. The van der Waals surface area contributed by atoms with Crippen molar-refractivity contribution in [2.75, 3.05) is 5.32 Å². The van der Waals surface area contributed by atoms with Crippen molar-refractivity contribution in [2.24, 2.45) is 0 Å². The largest absolute Gasteiger partial charge is 0.335 e. The molecule has 3 rings (SSSR count). The predicted octanol–water partition coefficient (Wildman–Crippen LogP) is 2.53. The minimum atomic E-state index is -0.305. The van der Waals surface area contributed by atoms with E-state index in [0.29, 0.717) is 10.7 Å². The van der Waals surface area contributed by atoms with Crippen molar-refractivity contribution in [3.05, 3.63) is 40.3 Å². The van der Waals surface area contributed by atoms with Gasteiger partial charge < -0.3 is 16.0 Å². The van der Waals surface area contributed by atoms with E-state index in [1.165, 1.54) is 24.2 Å². The van der Waals surface area contributed by atoms with Gasteiger partial charge in [0.15, 0.2) is 0 Å². The molecular formula is C16H19N5O2S. The Labute approximate surface area is 143 Å². The fourth-order valence-corrected chi connectivity index (χ4v) is 3.26. The van der Waals surface area contributed by atoms with Crippen molar-refractivity contribution in [1.29, 1.82) is 0 Å². The van der Waals surface area contributed by atoms with E-state index >= 15 is 0 Å². The molecule has 24 heavy (non-hydrogen) atoms. The Morgan fingerprint density at radius 2 is 1.88 bits per heavy atom. The molecule has 0 aliphatic heterocycles. The van der Waals surface area contributed by atoms with Gasteiger partial charge in [0.25, 0.3) is 5.91 Å². The van der Waals surface area contributed by atoms with Crippen LogP contribution in [-0.2, 0) is 6.54 Å². The first-order chi connectivity index (χ1) is 11.7. The number of anilines is 1. The van der Waals surface area contributed by atoms with E-state index in [0.717, 1.165) is 12.8 Å². The maximum atomic E-state index is 12.1. The minimum Gasteiger partial charge on any atom is -0.335 e. The number of nitrogens with zero attached hydrogens (tertiary/aromatic N) is 2. The molecule has 2 aromatic rings. The van der Waals surface area contributed by atoms with Crippen LogP contribution in [0.5, 0.6) is 0 Å². The zero-order chi connectivity index (χ0) is 16.8. The molecule has 0 bridgehead atoms. The molecule has 1 fully saturated rings. The number of benzene rings is 1. The average molecular weight is 345 g/mol. The number of aromatic nitrogens is 2. The third-order valence-electron chi connectivity index (χ3n) is 3.78. The third kappa shape index (κ3) is 4.51. The fourth-order valence-electron chi connectivity index (χ4n) is 2.59. The molecule has 0 unspecified atom stereocenters. The van der Waals surface area contributed by atoms with Crippen LogP contribution < -0.4 is 16.0 Å². The molecule has 126 valence electrons. The summed E-state index contributed by atoms with van der Waals surface area (Å²) in [6.07, 6.45) is 4.41. The Morgan fingerprint density at radius 3 is 2.62 bits per heavy atom. The topological polar surface area (TPSA) is 96.0 Å². The van der Waals surface area contributed by atoms with Crippen molar-refractivity contribution in [3.63, 3.8) is 0 Å². The third-order valence-corrected chi connectivity index (χ3v) is 4.71. The number of para-hydroxylation sites is 1. The summed E-state index contributed by atoms with van der Waals surface area (Å²) in [5, 5.41) is 17.1. The van der Waals surface area contributed by atoms with Crippen LogP contribution in [0.25, 0.3) is 0 Å². The summed E-state index contributed by atoms with van der Waals surface area (Å²) in [5.41, 5.74) is 0.702. The molecule has 1 aromatic heterocycles. The number of urea groups is 1. The molecule has 1 saturated carbocycles. The second-order valence-electron chi connectivity index (χ2n) is 5.63. The van der Waals surface area contributed by atoms with E-state index in [9.17, 15) is 9.59 Å². The van der Waals surface area contributed by atoms with Crippen LogP contribution in [-0.4, -0.2) is 28.2 Å². The number of amides is 3. The van der Waals surface area contributed by atoms with Crippen LogP contribution in [0.4, 0.5) is 10.5 Å². The lowest BCUT2D eigenvalue weighted by molar-refractivity contribution is 0.102. The molecule has 3 amide bonds. The van der Waals surface area contributed by atoms with Crippen molar-refractivity contribution in [3.8, 4) is 0 Å². The first-order valence-electron chi connectivity index (χ1n) is 7.94. The normalized spacial score (nSPS) is 14.3. The molecule has 7 nitrogen and oxygen atoms in total. The Morgan fingerprint density at radius 1 is 1.12 bits per heavy atom. The summed E-state index contributed by atoms with van der Waals surface area (Å²) in [6.45, 7) is 0.259. The Balaban J connectivity index is 1.48. The molecule has 0 radical (unpaired) electrons. The lowest BCUT2D eigenvalue weighted by atomic mass is 10.3. The van der Waals surface area contributed by atoms with Gasteiger partial charge in [0.05, 0.1) is 6.54 Å². The number of hydrogen-bond donors (Lipinski definition) is 3. The Kier molecular flexibility index (Phi) is 5.37. The average Bonchev–Trinajstić information content (AvgIpc) is 3.25. The van der Waals surface area contributed by atoms with E-state index in [2.05, 4.69) is 26.1 Å². The van der Waals surface area contributed by atoms with E-state index in [4.69, 9.17) is 0 Å². The zero-order valence-electron chi connectivity index (χ0n) is 13.1. The summed E-state index contributed by atoms with van der Waals surface area (Å²) >= 11 is 1.17. The molecule has 0 saturated heterocycles. The van der Waals surface area contributed by atoms with Gasteiger partial charge in [0.2, 0.25) is 5.01 Å². The number of carbonyl (C=O) groups excluding carboxylic acids is 2. The maximum Gasteiger partial charge on any atom is 0.315 e. The number of rotatable bonds is 5. The number of hydrogen-bond acceptors (Lipinski definition) is 5. The molecule has 8 heteroatoms. The quantitative estimate of drug-likeness (QED) is 0.776. The number of nitrogens with one attached hydrogen (secondary N) is 3. The molecule has 1 aromatic carbocycles. The maximum absolute atomic E-state index is 12.1. The molecule has 0 spiro atoms. The molecule has 1 aliphatic carbocycles. The van der Waals surface area contributed by atoms with E-state index < -0.39 is 0 Å². The van der Waals surface area contributed by atoms with Gasteiger partial charge in [-0.25, -0.2) is 4.79 Å². The highest BCUT2D eigenvalue weighted by atomic mass is 32.1. The second-order valence-corrected chi connectivity index (χ2v) is 6.69. The van der Waals surface area contributed by atoms with Crippen LogP contribution in [0, 0.1) is 0 Å². The molecule has 1 heterocycles. The first kappa shape index (κ1) is 16.4. The lowest BCUT2D eigenvalue weighted by Gasteiger charge is -2.11. The van der Waals surface area contributed by atoms with E-state index in [1.54, 1.807) is 12.1 Å². The summed E-state index contributed by atoms with van der Waals surface area (Å²) in [4.78, 5) is 23.9. The summed E-state index contributed by atoms with van der Waals surface area (Å²) in [6, 6.07) is 9.23. The molecule has 3 N–H and O–H groups in total. The standard InChI is InChI=1S/C16H19N5O2S/c22-14(18-11-6-2-1-3-7-11)15-21-20-13(24-15)10-17-16(23)19-12-8-4-5-9-12/h1-3,6-7,12H,4-5,8-10H2,(H,18,22)(H2,17,19,23). The fraction of sp³-hybridized carbons (Fsp3) is 0.375. The van der Waals surface area contributed by atoms with Crippen LogP contribution in [0.2, 0.25) is 0 Å². The van der Waals surface area contributed by atoms with Crippen molar-refractivity contribution < 1.29 is 9.59 Å². The second kappa shape index (κ2) is 7.87. The number of carbonyl (C=O) groups is 2. The smallest absolute Gasteiger partial charge is 0.315 e. The SMILES string of the molecule is O=C(NCc1nnc(C(=O)Nc2ccccc2)s1)NC1CCCC1. The summed E-state index contributed by atoms with van der Waals surface area (Å²) in [5.74, 6) is -0.305. The van der Waals surface area contributed by atoms with Crippen LogP contribution in [0.1, 0.15) is 40.5 Å². The van der Waals surface area contributed by atoms with Crippen molar-refractivity contribution >= 4 is 29.0 Å². The van der Waals surface area contributed by atoms with Gasteiger partial charge >= 0.3 is 6.03 Å². The van der Waals surface area contributed by atoms with Gasteiger partial charge in [-0.05, 0) is 25.0 Å². The molecular weight excluding hydrogens is 326 g/mol. The highest BCUT2D eigenvalue weighted by Crippen LogP contribution is 2.17. The zero-order valence-corrected chi connectivity index (χ0v) is 13.9. The highest BCUT2D eigenvalue weighted by molar-refractivity contribution is 7.13. The Hall–Kier alpha value is -2.48. The van der Waals surface area contributed by atoms with Gasteiger partial charge in [0, 0.05) is 11.7 Å². The van der Waals surface area contributed by atoms with E-state index in [1.807, 2.05) is 18.2 Å². The van der Waals surface area contributed by atoms with Crippen LogP contribution >= 0.6 is 11.3 Å². The first-order valence-corrected chi connectivity index (χ1v) is 8.75. The monoisotopic (exact) mass is 345 g/mol. The Bertz CT molecular complexity index is 698. The van der Waals surface area contributed by atoms with Crippen LogP contribution in [0.15, 0.2) is 30.3 Å². The highest BCUT2D eigenvalue weighted by Gasteiger charge is 2.17. The molecule has 0 atom stereocenters. The van der Waals surface area contributed by atoms with Gasteiger partial charge in [-0.1, -0.05) is 42.4 Å².